The summed E-state index contributed by atoms with van der Waals surface area (Å²) in [6.45, 7) is 4.66. The molecule has 1 aromatic carbocycles. The second kappa shape index (κ2) is 9.14. The van der Waals surface area contributed by atoms with Gasteiger partial charge < -0.3 is 14.6 Å². The smallest absolute Gasteiger partial charge is 0.266 e. The van der Waals surface area contributed by atoms with Gasteiger partial charge in [-0.1, -0.05) is 5.16 Å². The number of aryl methyl sites for hydroxylation is 1. The van der Waals surface area contributed by atoms with Crippen LogP contribution < -0.4 is 10.9 Å². The molecular weight excluding hydrogens is 393 g/mol. The van der Waals surface area contributed by atoms with Crippen molar-refractivity contribution >= 4 is 17.0 Å². The van der Waals surface area contributed by atoms with Gasteiger partial charge in [0.05, 0.1) is 13.2 Å². The van der Waals surface area contributed by atoms with Gasteiger partial charge in [0.1, 0.15) is 23.2 Å². The number of fused-ring (bicyclic) bond motifs is 1. The van der Waals surface area contributed by atoms with Gasteiger partial charge in [-0.15, -0.1) is 0 Å². The molecular formula is C20H22FN5O4. The normalized spacial score (nSPS) is 14.8. The standard InChI is InChI=1S/C20H22FN5O4/c21-15-3-1-14(2-4-15)18-17-19(30-24-18)23-13-26(20(17)28)7-5-16(27)22-6-8-25-9-11-29-12-10-25/h1-4,13H,5-12H2,(H,22,27). The van der Waals surface area contributed by atoms with E-state index in [0.29, 0.717) is 17.8 Å². The molecule has 1 saturated heterocycles. The van der Waals surface area contributed by atoms with Crippen molar-refractivity contribution < 1.29 is 18.4 Å². The van der Waals surface area contributed by atoms with Crippen LogP contribution in [0.1, 0.15) is 6.42 Å². The Morgan fingerprint density at radius 1 is 1.17 bits per heavy atom. The molecule has 3 aromatic rings. The summed E-state index contributed by atoms with van der Waals surface area (Å²) < 4.78 is 25.0. The van der Waals surface area contributed by atoms with Crippen molar-refractivity contribution in [3.8, 4) is 11.3 Å². The number of aromatic nitrogens is 3. The van der Waals surface area contributed by atoms with Gasteiger partial charge >= 0.3 is 0 Å². The Labute approximate surface area is 171 Å². The second-order valence-electron chi connectivity index (χ2n) is 7.02. The number of ether oxygens (including phenoxy) is 1. The Kier molecular flexibility index (Phi) is 6.15. The molecule has 0 aliphatic carbocycles. The summed E-state index contributed by atoms with van der Waals surface area (Å²) >= 11 is 0. The van der Waals surface area contributed by atoms with E-state index >= 15 is 0 Å². The minimum Gasteiger partial charge on any atom is -0.379 e. The Hall–Kier alpha value is -3.11. The molecule has 1 aliphatic rings. The van der Waals surface area contributed by atoms with Crippen LogP contribution in [0.15, 0.2) is 39.9 Å². The van der Waals surface area contributed by atoms with Gasteiger partial charge in [0.2, 0.25) is 5.91 Å². The van der Waals surface area contributed by atoms with Crippen molar-refractivity contribution in [2.75, 3.05) is 39.4 Å². The lowest BCUT2D eigenvalue weighted by Crippen LogP contribution is -2.41. The fourth-order valence-corrected chi connectivity index (χ4v) is 3.33. The first kappa shape index (κ1) is 20.2. The average Bonchev–Trinajstić information content (AvgIpc) is 3.19. The summed E-state index contributed by atoms with van der Waals surface area (Å²) in [5.74, 6) is -0.527. The maximum absolute atomic E-state index is 13.2. The van der Waals surface area contributed by atoms with Crippen molar-refractivity contribution in [3.63, 3.8) is 0 Å². The topological polar surface area (TPSA) is 102 Å². The molecule has 2 aromatic heterocycles. The number of hydrogen-bond donors (Lipinski definition) is 1. The van der Waals surface area contributed by atoms with E-state index in [1.807, 2.05) is 0 Å². The van der Waals surface area contributed by atoms with Gasteiger partial charge in [0, 0.05) is 44.7 Å². The molecule has 1 fully saturated rings. The highest BCUT2D eigenvalue weighted by Crippen LogP contribution is 2.24. The van der Waals surface area contributed by atoms with Crippen LogP contribution in [-0.2, 0) is 16.1 Å². The van der Waals surface area contributed by atoms with Crippen LogP contribution in [0.4, 0.5) is 4.39 Å². The highest BCUT2D eigenvalue weighted by atomic mass is 19.1. The van der Waals surface area contributed by atoms with E-state index in [4.69, 9.17) is 9.26 Å². The van der Waals surface area contributed by atoms with Crippen LogP contribution in [0.3, 0.4) is 0 Å². The Morgan fingerprint density at radius 2 is 1.93 bits per heavy atom. The first-order valence-electron chi connectivity index (χ1n) is 9.79. The summed E-state index contributed by atoms with van der Waals surface area (Å²) in [6.07, 6.45) is 1.48. The van der Waals surface area contributed by atoms with Gasteiger partial charge in [-0.2, -0.15) is 0 Å². The highest BCUT2D eigenvalue weighted by molar-refractivity contribution is 5.88. The van der Waals surface area contributed by atoms with Gasteiger partial charge in [-0.25, -0.2) is 9.37 Å². The molecule has 10 heteroatoms. The van der Waals surface area contributed by atoms with Crippen molar-refractivity contribution in [1.82, 2.24) is 24.9 Å². The molecule has 1 amide bonds. The maximum Gasteiger partial charge on any atom is 0.266 e. The van der Waals surface area contributed by atoms with Crippen LogP contribution in [0.2, 0.25) is 0 Å². The van der Waals surface area contributed by atoms with E-state index in [-0.39, 0.29) is 41.3 Å². The van der Waals surface area contributed by atoms with E-state index in [1.165, 1.54) is 35.2 Å². The van der Waals surface area contributed by atoms with E-state index in [2.05, 4.69) is 20.4 Å². The molecule has 0 bridgehead atoms. The van der Waals surface area contributed by atoms with Gasteiger partial charge in [-0.05, 0) is 24.3 Å². The summed E-state index contributed by atoms with van der Waals surface area (Å²) in [5.41, 5.74) is 0.590. The Morgan fingerprint density at radius 3 is 2.70 bits per heavy atom. The predicted octanol–water partition coefficient (Wildman–Crippen LogP) is 1.03. The van der Waals surface area contributed by atoms with Gasteiger partial charge in [-0.3, -0.25) is 19.1 Å². The zero-order chi connectivity index (χ0) is 20.9. The number of morpholine rings is 1. The van der Waals surface area contributed by atoms with Crippen molar-refractivity contribution in [3.05, 3.63) is 46.8 Å². The quantitative estimate of drug-likeness (QED) is 0.615. The molecule has 0 saturated carbocycles. The number of rotatable bonds is 7. The maximum atomic E-state index is 13.2. The third kappa shape index (κ3) is 4.55. The number of benzene rings is 1. The number of nitrogens with one attached hydrogen (secondary N) is 1. The largest absolute Gasteiger partial charge is 0.379 e. The zero-order valence-electron chi connectivity index (χ0n) is 16.3. The molecule has 4 rings (SSSR count). The monoisotopic (exact) mass is 415 g/mol. The minimum atomic E-state index is -0.387. The third-order valence-corrected chi connectivity index (χ3v) is 5.01. The van der Waals surface area contributed by atoms with Crippen molar-refractivity contribution in [2.45, 2.75) is 13.0 Å². The fourth-order valence-electron chi connectivity index (χ4n) is 3.33. The first-order chi connectivity index (χ1) is 14.6. The SMILES string of the molecule is O=C(CCn1cnc2onc(-c3ccc(F)cc3)c2c1=O)NCCN1CCOCC1. The van der Waals surface area contributed by atoms with Gasteiger partial charge in [0.15, 0.2) is 0 Å². The predicted molar refractivity (Wildman–Crippen MR) is 106 cm³/mol. The molecule has 0 atom stereocenters. The summed E-state index contributed by atoms with van der Waals surface area (Å²) in [6, 6.07) is 5.61. The Bertz CT molecular complexity index is 1070. The number of amides is 1. The number of carbonyl (C=O) groups excluding carboxylic acids is 1. The fraction of sp³-hybridized carbons (Fsp3) is 0.400. The summed E-state index contributed by atoms with van der Waals surface area (Å²) in [5, 5.41) is 6.99. The molecule has 0 unspecified atom stereocenters. The zero-order valence-corrected chi connectivity index (χ0v) is 16.3. The molecule has 158 valence electrons. The average molecular weight is 415 g/mol. The van der Waals surface area contributed by atoms with Crippen LogP contribution in [0.25, 0.3) is 22.4 Å². The second-order valence-corrected chi connectivity index (χ2v) is 7.02. The van der Waals surface area contributed by atoms with Crippen LogP contribution in [0.5, 0.6) is 0 Å². The molecule has 0 spiro atoms. The molecule has 9 nitrogen and oxygen atoms in total. The minimum absolute atomic E-state index is 0.102. The van der Waals surface area contributed by atoms with E-state index < -0.39 is 0 Å². The number of carbonyl (C=O) groups is 1. The van der Waals surface area contributed by atoms with Crippen LogP contribution >= 0.6 is 0 Å². The Balaban J connectivity index is 1.40. The lowest BCUT2D eigenvalue weighted by Gasteiger charge is -2.26. The van der Waals surface area contributed by atoms with Crippen molar-refractivity contribution in [1.29, 1.82) is 0 Å². The summed E-state index contributed by atoms with van der Waals surface area (Å²) in [4.78, 5) is 31.4. The molecule has 30 heavy (non-hydrogen) atoms. The number of nitrogens with zero attached hydrogens (tertiary/aromatic N) is 4. The van der Waals surface area contributed by atoms with E-state index in [1.54, 1.807) is 0 Å². The lowest BCUT2D eigenvalue weighted by atomic mass is 10.1. The summed E-state index contributed by atoms with van der Waals surface area (Å²) in [7, 11) is 0. The molecule has 1 aliphatic heterocycles. The van der Waals surface area contributed by atoms with Crippen LogP contribution in [-0.4, -0.2) is 64.9 Å². The number of halogens is 1. The van der Waals surface area contributed by atoms with E-state index in [9.17, 15) is 14.0 Å². The van der Waals surface area contributed by atoms with Gasteiger partial charge in [0.25, 0.3) is 11.3 Å². The highest BCUT2D eigenvalue weighted by Gasteiger charge is 2.17. The lowest BCUT2D eigenvalue weighted by molar-refractivity contribution is -0.121. The van der Waals surface area contributed by atoms with Crippen molar-refractivity contribution in [2.24, 2.45) is 0 Å². The first-order valence-corrected chi connectivity index (χ1v) is 9.79. The third-order valence-electron chi connectivity index (χ3n) is 5.01. The number of hydrogen-bond acceptors (Lipinski definition) is 7. The molecule has 3 heterocycles. The van der Waals surface area contributed by atoms with Crippen LogP contribution in [0, 0.1) is 5.82 Å². The molecule has 1 N–H and O–H groups in total. The van der Waals surface area contributed by atoms with E-state index in [0.717, 1.165) is 32.8 Å². The molecule has 0 radical (unpaired) electrons.